The van der Waals surface area contributed by atoms with Crippen molar-refractivity contribution < 1.29 is 14.2 Å². The van der Waals surface area contributed by atoms with Gasteiger partial charge in [-0.1, -0.05) is 0 Å². The Balaban J connectivity index is 1.49. The van der Waals surface area contributed by atoms with Crippen LogP contribution in [0.5, 0.6) is 17.2 Å². The molecule has 0 saturated carbocycles. The fourth-order valence-electron chi connectivity index (χ4n) is 3.47. The quantitative estimate of drug-likeness (QED) is 0.507. The molecule has 0 bridgehead atoms. The average Bonchev–Trinajstić information content (AvgIpc) is 3.23. The third-order valence-electron chi connectivity index (χ3n) is 5.02. The van der Waals surface area contributed by atoms with E-state index in [4.69, 9.17) is 14.2 Å². The van der Waals surface area contributed by atoms with Crippen molar-refractivity contribution in [1.29, 1.82) is 0 Å². The van der Waals surface area contributed by atoms with Crippen molar-refractivity contribution >= 4 is 17.3 Å². The third kappa shape index (κ3) is 5.33. The minimum atomic E-state index is 0.594. The summed E-state index contributed by atoms with van der Waals surface area (Å²) >= 11 is 1.87. The third-order valence-corrected chi connectivity index (χ3v) is 6.04. The number of benzene rings is 1. The summed E-state index contributed by atoms with van der Waals surface area (Å²) in [4.78, 5) is 8.34. The van der Waals surface area contributed by atoms with E-state index in [9.17, 15) is 0 Å². The van der Waals surface area contributed by atoms with Crippen LogP contribution in [0.25, 0.3) is 0 Å². The topological polar surface area (TPSA) is 67.4 Å². The molecule has 8 heteroatoms. The molecule has 2 aromatic rings. The lowest BCUT2D eigenvalue weighted by atomic mass is 10.1. The van der Waals surface area contributed by atoms with Crippen LogP contribution < -0.4 is 24.8 Å². The Labute approximate surface area is 176 Å². The van der Waals surface area contributed by atoms with E-state index in [0.29, 0.717) is 23.8 Å². The van der Waals surface area contributed by atoms with E-state index >= 15 is 0 Å². The number of fused-ring (bicyclic) bond motifs is 1. The second-order valence-corrected chi connectivity index (χ2v) is 7.78. The van der Waals surface area contributed by atoms with Gasteiger partial charge in [-0.05, 0) is 41.1 Å². The van der Waals surface area contributed by atoms with Crippen molar-refractivity contribution in [3.8, 4) is 17.2 Å². The highest BCUT2D eigenvalue weighted by Crippen LogP contribution is 2.38. The molecule has 2 heterocycles. The van der Waals surface area contributed by atoms with Gasteiger partial charge in [0.1, 0.15) is 0 Å². The van der Waals surface area contributed by atoms with Gasteiger partial charge in [0, 0.05) is 44.6 Å². The Hall–Kier alpha value is -2.45. The van der Waals surface area contributed by atoms with Crippen LogP contribution in [0.15, 0.2) is 28.6 Å². The first kappa shape index (κ1) is 21.3. The first-order valence-corrected chi connectivity index (χ1v) is 10.6. The summed E-state index contributed by atoms with van der Waals surface area (Å²) < 4.78 is 16.2. The van der Waals surface area contributed by atoms with E-state index in [1.165, 1.54) is 10.4 Å². The van der Waals surface area contributed by atoms with Crippen molar-refractivity contribution in [3.63, 3.8) is 0 Å². The molecule has 0 amide bonds. The molecule has 29 heavy (non-hydrogen) atoms. The largest absolute Gasteiger partial charge is 0.493 e. The van der Waals surface area contributed by atoms with Gasteiger partial charge in [0.15, 0.2) is 17.5 Å². The zero-order valence-corrected chi connectivity index (χ0v) is 18.4. The molecule has 0 radical (unpaired) electrons. The van der Waals surface area contributed by atoms with Gasteiger partial charge in [-0.2, -0.15) is 0 Å². The van der Waals surface area contributed by atoms with Crippen LogP contribution in [0.3, 0.4) is 0 Å². The van der Waals surface area contributed by atoms with Gasteiger partial charge < -0.3 is 24.8 Å². The van der Waals surface area contributed by atoms with Crippen LogP contribution in [-0.4, -0.2) is 58.9 Å². The summed E-state index contributed by atoms with van der Waals surface area (Å²) in [6, 6.07) is 6.12. The van der Waals surface area contributed by atoms with Crippen molar-refractivity contribution in [3.05, 3.63) is 39.6 Å². The predicted molar refractivity (Wildman–Crippen MR) is 118 cm³/mol. The summed E-state index contributed by atoms with van der Waals surface area (Å²) in [5, 5.41) is 8.94. The highest BCUT2D eigenvalue weighted by molar-refractivity contribution is 7.10. The number of methoxy groups -OCH3 is 3. The Morgan fingerprint density at radius 2 is 1.90 bits per heavy atom. The van der Waals surface area contributed by atoms with E-state index in [0.717, 1.165) is 44.1 Å². The minimum Gasteiger partial charge on any atom is -0.493 e. The molecular formula is C21H30N4O3S. The fourth-order valence-corrected chi connectivity index (χ4v) is 4.36. The second-order valence-electron chi connectivity index (χ2n) is 6.78. The number of thiophene rings is 1. The molecule has 0 saturated heterocycles. The lowest BCUT2D eigenvalue weighted by Crippen LogP contribution is -2.42. The standard InChI is InChI=1S/C21H30N4O3S/c1-22-21(23-7-9-25-8-5-19-16(14-25)6-10-29-19)24-13-15-11-17(26-2)20(28-4)18(12-15)27-3/h6,10-12H,5,7-9,13-14H2,1-4H3,(H2,22,23,24). The summed E-state index contributed by atoms with van der Waals surface area (Å²) in [6.07, 6.45) is 1.15. The van der Waals surface area contributed by atoms with Crippen LogP contribution in [-0.2, 0) is 19.5 Å². The summed E-state index contributed by atoms with van der Waals surface area (Å²) in [7, 11) is 6.62. The summed E-state index contributed by atoms with van der Waals surface area (Å²) in [5.41, 5.74) is 2.50. The number of rotatable bonds is 8. The number of hydrogen-bond acceptors (Lipinski definition) is 6. The monoisotopic (exact) mass is 418 g/mol. The van der Waals surface area contributed by atoms with E-state index in [-0.39, 0.29) is 0 Å². The summed E-state index contributed by atoms with van der Waals surface area (Å²) in [5.74, 6) is 2.65. The fraction of sp³-hybridized carbons (Fsp3) is 0.476. The number of hydrogen-bond donors (Lipinski definition) is 2. The first-order chi connectivity index (χ1) is 14.2. The SMILES string of the molecule is CN=C(NCCN1CCc2sccc2C1)NCc1cc(OC)c(OC)c(OC)c1. The number of ether oxygens (including phenoxy) is 3. The average molecular weight is 419 g/mol. The zero-order valence-electron chi connectivity index (χ0n) is 17.6. The maximum Gasteiger partial charge on any atom is 0.203 e. The molecule has 3 rings (SSSR count). The molecular weight excluding hydrogens is 388 g/mol. The van der Waals surface area contributed by atoms with Crippen LogP contribution >= 0.6 is 11.3 Å². The molecule has 0 atom stereocenters. The molecule has 0 spiro atoms. The van der Waals surface area contributed by atoms with Gasteiger partial charge >= 0.3 is 0 Å². The molecule has 1 aromatic carbocycles. The van der Waals surface area contributed by atoms with Gasteiger partial charge in [0.05, 0.1) is 21.3 Å². The minimum absolute atomic E-state index is 0.594. The van der Waals surface area contributed by atoms with Crippen LogP contribution in [0.4, 0.5) is 0 Å². The number of guanidine groups is 1. The maximum absolute atomic E-state index is 5.42. The molecule has 7 nitrogen and oxygen atoms in total. The van der Waals surface area contributed by atoms with Gasteiger partial charge in [-0.3, -0.25) is 9.89 Å². The van der Waals surface area contributed by atoms with Gasteiger partial charge in [0.2, 0.25) is 5.75 Å². The maximum atomic E-state index is 5.42. The zero-order chi connectivity index (χ0) is 20.6. The van der Waals surface area contributed by atoms with Crippen LogP contribution in [0.2, 0.25) is 0 Å². The number of nitrogens with one attached hydrogen (secondary N) is 2. The Morgan fingerprint density at radius 1 is 1.14 bits per heavy atom. The molecule has 0 fully saturated rings. The van der Waals surface area contributed by atoms with Crippen molar-refractivity contribution in [2.45, 2.75) is 19.5 Å². The lowest BCUT2D eigenvalue weighted by molar-refractivity contribution is 0.260. The van der Waals surface area contributed by atoms with Crippen molar-refractivity contribution in [1.82, 2.24) is 15.5 Å². The second kappa shape index (κ2) is 10.4. The van der Waals surface area contributed by atoms with Gasteiger partial charge in [-0.15, -0.1) is 11.3 Å². The van der Waals surface area contributed by atoms with E-state index in [1.54, 1.807) is 28.4 Å². The molecule has 2 N–H and O–H groups in total. The van der Waals surface area contributed by atoms with Crippen LogP contribution in [0.1, 0.15) is 16.0 Å². The van der Waals surface area contributed by atoms with Gasteiger partial charge in [0.25, 0.3) is 0 Å². The molecule has 1 aliphatic heterocycles. The Morgan fingerprint density at radius 3 is 2.55 bits per heavy atom. The van der Waals surface area contributed by atoms with E-state index in [2.05, 4.69) is 32.0 Å². The lowest BCUT2D eigenvalue weighted by Gasteiger charge is -2.27. The van der Waals surface area contributed by atoms with E-state index in [1.807, 2.05) is 23.5 Å². The molecule has 158 valence electrons. The van der Waals surface area contributed by atoms with Gasteiger partial charge in [-0.25, -0.2) is 0 Å². The predicted octanol–water partition coefficient (Wildman–Crippen LogP) is 2.50. The first-order valence-electron chi connectivity index (χ1n) is 9.69. The molecule has 1 aliphatic rings. The number of nitrogens with zero attached hydrogens (tertiary/aromatic N) is 2. The molecule has 1 aromatic heterocycles. The summed E-state index contributed by atoms with van der Waals surface area (Å²) in [6.45, 7) is 4.58. The smallest absolute Gasteiger partial charge is 0.203 e. The van der Waals surface area contributed by atoms with Crippen LogP contribution in [0, 0.1) is 0 Å². The number of aliphatic imine (C=N–C) groups is 1. The highest BCUT2D eigenvalue weighted by Gasteiger charge is 2.17. The van der Waals surface area contributed by atoms with E-state index < -0.39 is 0 Å². The van der Waals surface area contributed by atoms with Crippen molar-refractivity contribution in [2.75, 3.05) is 48.0 Å². The Kier molecular flexibility index (Phi) is 7.60. The Bertz CT molecular complexity index is 812. The highest BCUT2D eigenvalue weighted by atomic mass is 32.1. The molecule has 0 unspecified atom stereocenters. The van der Waals surface area contributed by atoms with Crippen molar-refractivity contribution in [2.24, 2.45) is 4.99 Å². The normalized spacial score (nSPS) is 14.3. The molecule has 0 aliphatic carbocycles.